The maximum absolute atomic E-state index is 5.25. The molecule has 1 heterocycles. The topological polar surface area (TPSA) is 38.0 Å². The summed E-state index contributed by atoms with van der Waals surface area (Å²) in [6.07, 6.45) is 8.04. The first-order valence-electron chi connectivity index (χ1n) is 4.15. The van der Waals surface area contributed by atoms with Gasteiger partial charge in [0.2, 0.25) is 0 Å². The highest BCUT2D eigenvalue weighted by Gasteiger charge is 2.11. The number of nitrogens with one attached hydrogen (secondary N) is 1. The van der Waals surface area contributed by atoms with Crippen molar-refractivity contribution >= 4 is 0 Å². The summed E-state index contributed by atoms with van der Waals surface area (Å²) in [7, 11) is 0. The predicted molar refractivity (Wildman–Crippen MR) is 48.1 cm³/mol. The summed E-state index contributed by atoms with van der Waals surface area (Å²) in [4.78, 5) is 0. The Bertz CT molecular complexity index is 170. The summed E-state index contributed by atoms with van der Waals surface area (Å²) in [6, 6.07) is 0.528. The molecule has 11 heavy (non-hydrogen) atoms. The molecule has 0 aromatic carbocycles. The van der Waals surface area contributed by atoms with Crippen molar-refractivity contribution in [3.05, 3.63) is 23.9 Å². The van der Waals surface area contributed by atoms with Crippen LogP contribution < -0.4 is 11.1 Å². The molecule has 0 spiro atoms. The fourth-order valence-corrected chi connectivity index (χ4v) is 1.37. The van der Waals surface area contributed by atoms with E-state index in [-0.39, 0.29) is 0 Å². The van der Waals surface area contributed by atoms with Gasteiger partial charge < -0.3 is 11.1 Å². The van der Waals surface area contributed by atoms with Crippen molar-refractivity contribution in [1.82, 2.24) is 5.32 Å². The maximum atomic E-state index is 5.25. The molecule has 1 saturated heterocycles. The molecule has 1 aliphatic rings. The van der Waals surface area contributed by atoms with E-state index >= 15 is 0 Å². The third-order valence-corrected chi connectivity index (χ3v) is 2.07. The minimum Gasteiger partial charge on any atom is -0.405 e. The van der Waals surface area contributed by atoms with Gasteiger partial charge in [-0.3, -0.25) is 0 Å². The minimum atomic E-state index is 0.528. The molecule has 0 bridgehead atoms. The average molecular weight is 152 g/mol. The van der Waals surface area contributed by atoms with Gasteiger partial charge in [0.05, 0.1) is 0 Å². The number of hydrogen-bond acceptors (Lipinski definition) is 2. The second-order valence-electron chi connectivity index (χ2n) is 2.91. The molecule has 1 aliphatic heterocycles. The van der Waals surface area contributed by atoms with Crippen LogP contribution in [0, 0.1) is 0 Å². The van der Waals surface area contributed by atoms with Gasteiger partial charge in [0.1, 0.15) is 0 Å². The van der Waals surface area contributed by atoms with Gasteiger partial charge in [-0.15, -0.1) is 0 Å². The quantitative estimate of drug-likeness (QED) is 0.591. The van der Waals surface area contributed by atoms with Crippen molar-refractivity contribution in [2.45, 2.75) is 25.8 Å². The van der Waals surface area contributed by atoms with Gasteiger partial charge in [-0.1, -0.05) is 11.6 Å². The standard InChI is InChI=1S/C9H16N2/c1-8-9(4-2-6-10)5-3-7-11-8/h2,4,6,8,11H,3,5,7,10H2,1H3/b6-2-,9-4-/t8-/m1/s1. The van der Waals surface area contributed by atoms with Gasteiger partial charge in [0.25, 0.3) is 0 Å². The van der Waals surface area contributed by atoms with Gasteiger partial charge in [0, 0.05) is 6.04 Å². The van der Waals surface area contributed by atoms with E-state index < -0.39 is 0 Å². The average Bonchev–Trinajstić information content (AvgIpc) is 2.03. The van der Waals surface area contributed by atoms with Crippen LogP contribution in [0.5, 0.6) is 0 Å². The number of hydrogen-bond donors (Lipinski definition) is 2. The molecular formula is C9H16N2. The van der Waals surface area contributed by atoms with Crippen molar-refractivity contribution < 1.29 is 0 Å². The minimum absolute atomic E-state index is 0.528. The summed E-state index contributed by atoms with van der Waals surface area (Å²) in [5.41, 5.74) is 6.70. The Hall–Kier alpha value is -0.760. The van der Waals surface area contributed by atoms with Crippen LogP contribution in [0.25, 0.3) is 0 Å². The Morgan fingerprint density at radius 1 is 1.64 bits per heavy atom. The van der Waals surface area contributed by atoms with Crippen molar-refractivity contribution in [2.24, 2.45) is 5.73 Å². The van der Waals surface area contributed by atoms with Crippen LogP contribution in [0.4, 0.5) is 0 Å². The van der Waals surface area contributed by atoms with E-state index in [0.29, 0.717) is 6.04 Å². The first-order valence-corrected chi connectivity index (χ1v) is 4.15. The molecule has 62 valence electrons. The fourth-order valence-electron chi connectivity index (χ4n) is 1.37. The molecule has 0 radical (unpaired) electrons. The lowest BCUT2D eigenvalue weighted by atomic mass is 9.99. The van der Waals surface area contributed by atoms with Crippen molar-refractivity contribution in [3.8, 4) is 0 Å². The molecular weight excluding hydrogens is 136 g/mol. The normalized spacial score (nSPS) is 29.9. The Kier molecular flexibility index (Phi) is 3.17. The maximum Gasteiger partial charge on any atom is 0.0254 e. The zero-order valence-electron chi connectivity index (χ0n) is 7.01. The SMILES string of the molecule is C[C@H]1NCCC/C1=C/C=C\N. The molecule has 0 aromatic rings. The van der Waals surface area contributed by atoms with Crippen LogP contribution in [0.15, 0.2) is 23.9 Å². The first-order chi connectivity index (χ1) is 5.34. The highest BCUT2D eigenvalue weighted by atomic mass is 14.9. The third kappa shape index (κ3) is 2.39. The van der Waals surface area contributed by atoms with E-state index in [0.717, 1.165) is 6.54 Å². The zero-order chi connectivity index (χ0) is 8.10. The van der Waals surface area contributed by atoms with Crippen LogP contribution >= 0.6 is 0 Å². The monoisotopic (exact) mass is 152 g/mol. The fraction of sp³-hybridized carbons (Fsp3) is 0.556. The summed E-state index contributed by atoms with van der Waals surface area (Å²) in [5, 5.41) is 3.40. The predicted octanol–water partition coefficient (Wildman–Crippen LogP) is 1.16. The molecule has 0 amide bonds. The second-order valence-corrected chi connectivity index (χ2v) is 2.91. The van der Waals surface area contributed by atoms with Crippen LogP contribution in [-0.2, 0) is 0 Å². The molecule has 0 unspecified atom stereocenters. The van der Waals surface area contributed by atoms with Gasteiger partial charge >= 0.3 is 0 Å². The van der Waals surface area contributed by atoms with Crippen LogP contribution in [0.2, 0.25) is 0 Å². The number of piperidine rings is 1. The van der Waals surface area contributed by atoms with Crippen molar-refractivity contribution in [2.75, 3.05) is 6.54 Å². The summed E-state index contributed by atoms with van der Waals surface area (Å²) < 4.78 is 0. The van der Waals surface area contributed by atoms with Crippen LogP contribution in [-0.4, -0.2) is 12.6 Å². The summed E-state index contributed by atoms with van der Waals surface area (Å²) in [6.45, 7) is 3.33. The molecule has 0 aliphatic carbocycles. The van der Waals surface area contributed by atoms with E-state index in [2.05, 4.69) is 18.3 Å². The van der Waals surface area contributed by atoms with E-state index in [4.69, 9.17) is 5.73 Å². The van der Waals surface area contributed by atoms with Crippen molar-refractivity contribution in [3.63, 3.8) is 0 Å². The summed E-state index contributed by atoms with van der Waals surface area (Å²) in [5.74, 6) is 0. The molecule has 1 rings (SSSR count). The smallest absolute Gasteiger partial charge is 0.0254 e. The Balaban J connectivity index is 2.53. The molecule has 0 saturated carbocycles. The van der Waals surface area contributed by atoms with E-state index in [1.54, 1.807) is 6.20 Å². The number of nitrogens with two attached hydrogens (primary N) is 1. The van der Waals surface area contributed by atoms with E-state index in [1.807, 2.05) is 6.08 Å². The second kappa shape index (κ2) is 4.19. The number of rotatable bonds is 1. The highest BCUT2D eigenvalue weighted by Crippen LogP contribution is 2.14. The Labute approximate surface area is 68.2 Å². The summed E-state index contributed by atoms with van der Waals surface area (Å²) >= 11 is 0. The van der Waals surface area contributed by atoms with Gasteiger partial charge in [0.15, 0.2) is 0 Å². The molecule has 1 atom stereocenters. The van der Waals surface area contributed by atoms with Gasteiger partial charge in [-0.25, -0.2) is 0 Å². The molecule has 3 N–H and O–H groups in total. The Morgan fingerprint density at radius 3 is 3.09 bits per heavy atom. The van der Waals surface area contributed by atoms with Crippen LogP contribution in [0.1, 0.15) is 19.8 Å². The molecule has 2 nitrogen and oxygen atoms in total. The van der Waals surface area contributed by atoms with E-state index in [9.17, 15) is 0 Å². The Morgan fingerprint density at radius 2 is 2.45 bits per heavy atom. The van der Waals surface area contributed by atoms with Gasteiger partial charge in [-0.05, 0) is 38.6 Å². The number of allylic oxidation sites excluding steroid dienone is 2. The van der Waals surface area contributed by atoms with Crippen LogP contribution in [0.3, 0.4) is 0 Å². The molecule has 2 heteroatoms. The first kappa shape index (κ1) is 8.34. The van der Waals surface area contributed by atoms with Gasteiger partial charge in [-0.2, -0.15) is 0 Å². The lowest BCUT2D eigenvalue weighted by molar-refractivity contribution is 0.517. The third-order valence-electron chi connectivity index (χ3n) is 2.07. The molecule has 1 fully saturated rings. The lowest BCUT2D eigenvalue weighted by Gasteiger charge is -2.22. The molecule has 0 aromatic heterocycles. The lowest BCUT2D eigenvalue weighted by Crippen LogP contribution is -2.33. The highest BCUT2D eigenvalue weighted by molar-refractivity contribution is 5.18. The zero-order valence-corrected chi connectivity index (χ0v) is 7.01. The van der Waals surface area contributed by atoms with E-state index in [1.165, 1.54) is 18.4 Å². The largest absolute Gasteiger partial charge is 0.405 e. The van der Waals surface area contributed by atoms with Crippen molar-refractivity contribution in [1.29, 1.82) is 0 Å².